The van der Waals surface area contributed by atoms with Crippen LogP contribution in [0.25, 0.3) is 0 Å². The van der Waals surface area contributed by atoms with E-state index < -0.39 is 17.4 Å². The third kappa shape index (κ3) is 5.83. The molecule has 0 bridgehead atoms. The van der Waals surface area contributed by atoms with Crippen LogP contribution in [0.5, 0.6) is 0 Å². The van der Waals surface area contributed by atoms with E-state index in [0.29, 0.717) is 12.6 Å². The summed E-state index contributed by atoms with van der Waals surface area (Å²) < 4.78 is 26.3. The summed E-state index contributed by atoms with van der Waals surface area (Å²) in [6, 6.07) is 2.82. The molecule has 1 saturated heterocycles. The van der Waals surface area contributed by atoms with Crippen LogP contribution in [0.15, 0.2) is 18.2 Å². The van der Waals surface area contributed by atoms with Crippen molar-refractivity contribution in [1.29, 1.82) is 0 Å². The van der Waals surface area contributed by atoms with E-state index in [4.69, 9.17) is 0 Å². The Kier molecular flexibility index (Phi) is 7.76. The quantitative estimate of drug-likeness (QED) is 0.767. The Bertz CT molecular complexity index is 590. The molecule has 0 spiro atoms. The highest BCUT2D eigenvalue weighted by Crippen LogP contribution is 2.26. The first-order valence-corrected chi connectivity index (χ1v) is 7.85. The van der Waals surface area contributed by atoms with Crippen LogP contribution in [0.1, 0.15) is 43.0 Å². The number of rotatable bonds is 6. The van der Waals surface area contributed by atoms with Gasteiger partial charge in [0.05, 0.1) is 5.56 Å². The molecule has 0 unspecified atom stereocenters. The van der Waals surface area contributed by atoms with Crippen molar-refractivity contribution in [1.82, 2.24) is 10.6 Å². The van der Waals surface area contributed by atoms with E-state index >= 15 is 0 Å². The molecule has 1 aromatic rings. The van der Waals surface area contributed by atoms with Crippen molar-refractivity contribution in [2.24, 2.45) is 5.41 Å². The zero-order valence-corrected chi connectivity index (χ0v) is 14.5. The van der Waals surface area contributed by atoms with Gasteiger partial charge in [-0.3, -0.25) is 9.59 Å². The molecular weight excluding hydrogens is 338 g/mol. The van der Waals surface area contributed by atoms with Crippen LogP contribution in [0, 0.1) is 17.0 Å². The average molecular weight is 361 g/mol. The second kappa shape index (κ2) is 9.08. The second-order valence-corrected chi connectivity index (χ2v) is 6.38. The normalized spacial score (nSPS) is 16.1. The van der Waals surface area contributed by atoms with E-state index in [1.54, 1.807) is 0 Å². The molecule has 0 atom stereocenters. The zero-order valence-electron chi connectivity index (χ0n) is 13.7. The molecule has 0 saturated carbocycles. The Hall–Kier alpha value is -1.53. The van der Waals surface area contributed by atoms with Gasteiger partial charge in [-0.25, -0.2) is 8.78 Å². The summed E-state index contributed by atoms with van der Waals surface area (Å²) in [5.41, 5.74) is -0.0990. The largest absolute Gasteiger partial charge is 0.356 e. The topological polar surface area (TPSA) is 58.2 Å². The molecule has 24 heavy (non-hydrogen) atoms. The van der Waals surface area contributed by atoms with Crippen LogP contribution in [-0.4, -0.2) is 31.3 Å². The zero-order chi connectivity index (χ0) is 16.9. The highest BCUT2D eigenvalue weighted by Gasteiger charge is 2.27. The van der Waals surface area contributed by atoms with Crippen LogP contribution in [-0.2, 0) is 4.79 Å². The summed E-state index contributed by atoms with van der Waals surface area (Å²) in [4.78, 5) is 23.8. The molecule has 1 aromatic carbocycles. The predicted octanol–water partition coefficient (Wildman–Crippen LogP) is 2.86. The lowest BCUT2D eigenvalue weighted by Crippen LogP contribution is -2.42. The van der Waals surface area contributed by atoms with Gasteiger partial charge in [0.25, 0.3) is 0 Å². The fourth-order valence-corrected chi connectivity index (χ4v) is 2.68. The molecule has 7 heteroatoms. The number of carbonyl (C=O) groups excluding carboxylic acids is 2. The molecular formula is C17H23ClF2N2O2. The van der Waals surface area contributed by atoms with E-state index in [-0.39, 0.29) is 42.1 Å². The molecule has 0 radical (unpaired) electrons. The van der Waals surface area contributed by atoms with Crippen LogP contribution in [0.3, 0.4) is 0 Å². The first-order valence-electron chi connectivity index (χ1n) is 7.85. The van der Waals surface area contributed by atoms with Gasteiger partial charge in [0.15, 0.2) is 5.78 Å². The maximum atomic E-state index is 13.5. The molecule has 1 aliphatic heterocycles. The summed E-state index contributed by atoms with van der Waals surface area (Å²) in [5.74, 6) is -2.34. The van der Waals surface area contributed by atoms with Crippen LogP contribution in [0.2, 0.25) is 0 Å². The van der Waals surface area contributed by atoms with E-state index in [0.717, 1.165) is 38.1 Å². The molecule has 0 aromatic heterocycles. The molecule has 1 heterocycles. The van der Waals surface area contributed by atoms with Crippen molar-refractivity contribution in [2.45, 2.75) is 32.6 Å². The van der Waals surface area contributed by atoms with Crippen molar-refractivity contribution < 1.29 is 18.4 Å². The van der Waals surface area contributed by atoms with Crippen molar-refractivity contribution >= 4 is 24.1 Å². The SMILES string of the molecule is CC1(CNC(=O)CCC(=O)c2ccc(F)cc2F)CCNCC1.Cl. The minimum absolute atomic E-state index is 0. The summed E-state index contributed by atoms with van der Waals surface area (Å²) in [6.07, 6.45) is 1.90. The molecule has 1 amide bonds. The minimum atomic E-state index is -0.891. The molecule has 4 nitrogen and oxygen atoms in total. The van der Waals surface area contributed by atoms with Gasteiger partial charge in [0.2, 0.25) is 5.91 Å². The van der Waals surface area contributed by atoms with E-state index in [1.165, 1.54) is 0 Å². The van der Waals surface area contributed by atoms with E-state index in [9.17, 15) is 18.4 Å². The Morgan fingerprint density at radius 2 is 1.88 bits per heavy atom. The highest BCUT2D eigenvalue weighted by molar-refractivity contribution is 5.98. The highest BCUT2D eigenvalue weighted by atomic mass is 35.5. The Morgan fingerprint density at radius 3 is 2.50 bits per heavy atom. The number of Topliss-reactive ketones (excluding diaryl/α,β-unsaturated/α-hetero) is 1. The fourth-order valence-electron chi connectivity index (χ4n) is 2.68. The first kappa shape index (κ1) is 20.5. The lowest BCUT2D eigenvalue weighted by atomic mass is 9.81. The van der Waals surface area contributed by atoms with Crippen LogP contribution in [0.4, 0.5) is 8.78 Å². The third-order valence-corrected chi connectivity index (χ3v) is 4.33. The molecule has 2 rings (SSSR count). The lowest BCUT2D eigenvalue weighted by Gasteiger charge is -2.34. The second-order valence-electron chi connectivity index (χ2n) is 6.38. The number of halogens is 3. The smallest absolute Gasteiger partial charge is 0.220 e. The minimum Gasteiger partial charge on any atom is -0.356 e. The number of ketones is 1. The van der Waals surface area contributed by atoms with Crippen molar-refractivity contribution in [3.8, 4) is 0 Å². The van der Waals surface area contributed by atoms with Gasteiger partial charge < -0.3 is 10.6 Å². The van der Waals surface area contributed by atoms with Gasteiger partial charge in [-0.2, -0.15) is 0 Å². The molecule has 1 aliphatic rings. The van der Waals surface area contributed by atoms with Gasteiger partial charge in [-0.05, 0) is 43.5 Å². The molecule has 1 fully saturated rings. The number of benzene rings is 1. The van der Waals surface area contributed by atoms with Crippen molar-refractivity contribution in [3.63, 3.8) is 0 Å². The Balaban J connectivity index is 0.00000288. The van der Waals surface area contributed by atoms with Crippen molar-refractivity contribution in [2.75, 3.05) is 19.6 Å². The Morgan fingerprint density at radius 1 is 1.21 bits per heavy atom. The predicted molar refractivity (Wildman–Crippen MR) is 90.4 cm³/mol. The molecule has 134 valence electrons. The van der Waals surface area contributed by atoms with Gasteiger partial charge in [0, 0.05) is 25.5 Å². The number of carbonyl (C=O) groups is 2. The van der Waals surface area contributed by atoms with Crippen LogP contribution >= 0.6 is 12.4 Å². The number of hydrogen-bond acceptors (Lipinski definition) is 3. The summed E-state index contributed by atoms with van der Waals surface area (Å²) >= 11 is 0. The average Bonchev–Trinajstić information content (AvgIpc) is 2.51. The molecule has 0 aliphatic carbocycles. The van der Waals surface area contributed by atoms with Gasteiger partial charge in [-0.15, -0.1) is 12.4 Å². The van der Waals surface area contributed by atoms with E-state index in [2.05, 4.69) is 17.6 Å². The summed E-state index contributed by atoms with van der Waals surface area (Å²) in [7, 11) is 0. The lowest BCUT2D eigenvalue weighted by molar-refractivity contribution is -0.121. The molecule has 2 N–H and O–H groups in total. The number of amides is 1. The number of piperidine rings is 1. The Labute approximate surface area is 146 Å². The van der Waals surface area contributed by atoms with Crippen molar-refractivity contribution in [3.05, 3.63) is 35.4 Å². The maximum absolute atomic E-state index is 13.5. The standard InChI is InChI=1S/C17H22F2N2O2.ClH/c1-17(6-8-20-9-7-17)11-21-16(23)5-4-15(22)13-3-2-12(18)10-14(13)19;/h2-3,10,20H,4-9,11H2,1H3,(H,21,23);1H. The number of hydrogen-bond donors (Lipinski definition) is 2. The number of nitrogens with one attached hydrogen (secondary N) is 2. The fraction of sp³-hybridized carbons (Fsp3) is 0.529. The van der Waals surface area contributed by atoms with Gasteiger partial charge >= 0.3 is 0 Å². The monoisotopic (exact) mass is 360 g/mol. The van der Waals surface area contributed by atoms with Gasteiger partial charge in [0.1, 0.15) is 11.6 Å². The van der Waals surface area contributed by atoms with Gasteiger partial charge in [-0.1, -0.05) is 6.92 Å². The summed E-state index contributed by atoms with van der Waals surface area (Å²) in [5, 5.41) is 6.13. The first-order chi connectivity index (χ1) is 10.9. The third-order valence-electron chi connectivity index (χ3n) is 4.33. The van der Waals surface area contributed by atoms with E-state index in [1.807, 2.05) is 0 Å². The summed E-state index contributed by atoms with van der Waals surface area (Å²) in [6.45, 7) is 4.59. The van der Waals surface area contributed by atoms with Crippen LogP contribution < -0.4 is 10.6 Å². The maximum Gasteiger partial charge on any atom is 0.220 e.